The fraction of sp³-hybridized carbons (Fsp3) is 0.250. The molecule has 0 aliphatic carbocycles. The summed E-state index contributed by atoms with van der Waals surface area (Å²) in [5.41, 5.74) is 3.02. The van der Waals surface area contributed by atoms with E-state index in [0.29, 0.717) is 41.0 Å². The zero-order valence-electron chi connectivity index (χ0n) is 17.8. The second-order valence-corrected chi connectivity index (χ2v) is 8.25. The maximum absolute atomic E-state index is 13.2. The van der Waals surface area contributed by atoms with E-state index in [1.807, 2.05) is 50.2 Å². The van der Waals surface area contributed by atoms with Crippen molar-refractivity contribution in [1.82, 2.24) is 16.0 Å². The first-order chi connectivity index (χ1) is 15.4. The highest BCUT2D eigenvalue weighted by atomic mass is 79.9. The van der Waals surface area contributed by atoms with Crippen molar-refractivity contribution in [2.75, 3.05) is 13.2 Å². The predicted molar refractivity (Wildman–Crippen MR) is 132 cm³/mol. The van der Waals surface area contributed by atoms with Gasteiger partial charge in [-0.2, -0.15) is 0 Å². The molecular formula is C24H24BrN3O3S. The van der Waals surface area contributed by atoms with Crippen LogP contribution in [0.3, 0.4) is 0 Å². The minimum Gasteiger partial charge on any atom is -0.490 e. The van der Waals surface area contributed by atoms with Crippen molar-refractivity contribution in [3.63, 3.8) is 0 Å². The van der Waals surface area contributed by atoms with Crippen molar-refractivity contribution in [1.29, 1.82) is 0 Å². The molecule has 1 heterocycles. The van der Waals surface area contributed by atoms with Crippen molar-refractivity contribution in [3.05, 3.63) is 69.3 Å². The van der Waals surface area contributed by atoms with Crippen molar-refractivity contribution < 1.29 is 14.3 Å². The van der Waals surface area contributed by atoms with E-state index >= 15 is 0 Å². The Balaban J connectivity index is 1.95. The number of ether oxygens (including phenoxy) is 2. The van der Waals surface area contributed by atoms with Gasteiger partial charge in [0.05, 0.1) is 18.2 Å². The summed E-state index contributed by atoms with van der Waals surface area (Å²) >= 11 is 8.98. The van der Waals surface area contributed by atoms with Crippen LogP contribution in [0.5, 0.6) is 11.5 Å². The number of benzene rings is 2. The van der Waals surface area contributed by atoms with E-state index in [0.717, 1.165) is 15.6 Å². The van der Waals surface area contributed by atoms with Gasteiger partial charge in [-0.15, -0.1) is 6.42 Å². The van der Waals surface area contributed by atoms with E-state index in [9.17, 15) is 4.79 Å². The zero-order valence-corrected chi connectivity index (χ0v) is 20.2. The molecule has 0 radical (unpaired) electrons. The summed E-state index contributed by atoms with van der Waals surface area (Å²) in [6, 6.07) is 12.9. The van der Waals surface area contributed by atoms with Crippen molar-refractivity contribution in [3.8, 4) is 23.8 Å². The Morgan fingerprint density at radius 3 is 2.66 bits per heavy atom. The summed E-state index contributed by atoms with van der Waals surface area (Å²) in [4.78, 5) is 13.2. The number of allylic oxidation sites excluding steroid dienone is 1. The van der Waals surface area contributed by atoms with Crippen LogP contribution in [-0.2, 0) is 11.3 Å². The summed E-state index contributed by atoms with van der Waals surface area (Å²) in [5, 5.41) is 9.69. The highest BCUT2D eigenvalue weighted by Crippen LogP contribution is 2.39. The van der Waals surface area contributed by atoms with E-state index in [1.165, 1.54) is 0 Å². The molecule has 2 aromatic carbocycles. The third kappa shape index (κ3) is 5.61. The van der Waals surface area contributed by atoms with Gasteiger partial charge >= 0.3 is 0 Å². The van der Waals surface area contributed by atoms with Crippen LogP contribution >= 0.6 is 28.1 Å². The van der Waals surface area contributed by atoms with Gasteiger partial charge in [0.2, 0.25) is 0 Å². The number of carbonyl (C=O) groups is 1. The maximum atomic E-state index is 13.2. The molecule has 0 bridgehead atoms. The molecule has 3 N–H and O–H groups in total. The second-order valence-electron chi connectivity index (χ2n) is 6.98. The van der Waals surface area contributed by atoms with Gasteiger partial charge in [0, 0.05) is 16.7 Å². The second kappa shape index (κ2) is 11.0. The number of amides is 1. The summed E-state index contributed by atoms with van der Waals surface area (Å²) in [6.07, 6.45) is 5.33. The molecule has 0 spiro atoms. The summed E-state index contributed by atoms with van der Waals surface area (Å²) in [5.74, 6) is 3.31. The fourth-order valence-corrected chi connectivity index (χ4v) is 4.20. The number of rotatable bonds is 8. The molecule has 1 unspecified atom stereocenters. The van der Waals surface area contributed by atoms with E-state index in [4.69, 9.17) is 28.1 Å². The Hall–Kier alpha value is -3.02. The van der Waals surface area contributed by atoms with Gasteiger partial charge in [0.15, 0.2) is 16.6 Å². The monoisotopic (exact) mass is 513 g/mol. The van der Waals surface area contributed by atoms with Crippen LogP contribution in [0, 0.1) is 12.3 Å². The van der Waals surface area contributed by atoms with Crippen LogP contribution in [0.1, 0.15) is 31.0 Å². The number of carbonyl (C=O) groups excluding carboxylic acids is 1. The molecule has 1 amide bonds. The lowest BCUT2D eigenvalue weighted by Gasteiger charge is -2.31. The average molecular weight is 514 g/mol. The van der Waals surface area contributed by atoms with Crippen molar-refractivity contribution in [2.24, 2.45) is 0 Å². The summed E-state index contributed by atoms with van der Waals surface area (Å²) in [7, 11) is 0. The molecule has 0 saturated carbocycles. The van der Waals surface area contributed by atoms with Gasteiger partial charge in [-0.1, -0.05) is 52.2 Å². The smallest absolute Gasteiger partial charge is 0.251 e. The molecule has 32 heavy (non-hydrogen) atoms. The molecular weight excluding hydrogens is 490 g/mol. The molecule has 0 aromatic heterocycles. The van der Waals surface area contributed by atoms with Crippen LogP contribution in [0.4, 0.5) is 0 Å². The fourth-order valence-electron chi connectivity index (χ4n) is 3.37. The molecule has 1 aliphatic heterocycles. The first-order valence-electron chi connectivity index (χ1n) is 10.1. The van der Waals surface area contributed by atoms with Gasteiger partial charge in [-0.25, -0.2) is 0 Å². The normalized spacial score (nSPS) is 15.3. The Labute approximate surface area is 201 Å². The van der Waals surface area contributed by atoms with Crippen LogP contribution in [0.15, 0.2) is 58.2 Å². The highest BCUT2D eigenvalue weighted by molar-refractivity contribution is 9.10. The molecule has 8 heteroatoms. The lowest BCUT2D eigenvalue weighted by molar-refractivity contribution is -0.118. The van der Waals surface area contributed by atoms with E-state index < -0.39 is 6.04 Å². The van der Waals surface area contributed by atoms with Crippen LogP contribution in [-0.4, -0.2) is 24.2 Å². The standard InChI is InChI=1S/C24H24BrN3O3S/c1-4-11-31-20-13-18(25)17(12-19(20)30-5-2)22-21(15(3)27-24(32)28-22)23(29)26-14-16-9-7-6-8-10-16/h1,6-10,12-13,22H,5,11,14H2,2-3H3,(H,26,29)(H2,27,28,32). The maximum Gasteiger partial charge on any atom is 0.251 e. The highest BCUT2D eigenvalue weighted by Gasteiger charge is 2.32. The summed E-state index contributed by atoms with van der Waals surface area (Å²) < 4.78 is 12.1. The minimum absolute atomic E-state index is 0.119. The van der Waals surface area contributed by atoms with Gasteiger partial charge in [0.1, 0.15) is 6.61 Å². The molecule has 0 fully saturated rings. The Bertz CT molecular complexity index is 1080. The number of nitrogens with one attached hydrogen (secondary N) is 3. The Morgan fingerprint density at radius 2 is 1.97 bits per heavy atom. The van der Waals surface area contributed by atoms with E-state index in [2.05, 4.69) is 37.8 Å². The topological polar surface area (TPSA) is 71.6 Å². The molecule has 1 atom stereocenters. The van der Waals surface area contributed by atoms with Gasteiger partial charge in [-0.05, 0) is 49.3 Å². The summed E-state index contributed by atoms with van der Waals surface area (Å²) in [6.45, 7) is 4.70. The Morgan fingerprint density at radius 1 is 1.25 bits per heavy atom. The van der Waals surface area contributed by atoms with Crippen LogP contribution in [0.25, 0.3) is 0 Å². The molecule has 0 saturated heterocycles. The average Bonchev–Trinajstić information content (AvgIpc) is 2.77. The number of hydrogen-bond donors (Lipinski definition) is 3. The molecule has 3 rings (SSSR count). The first kappa shape index (κ1) is 23.6. The SMILES string of the molecule is C#CCOc1cc(Br)c(C2NC(=S)NC(C)=C2C(=O)NCc2ccccc2)cc1OCC. The van der Waals surface area contributed by atoms with Crippen molar-refractivity contribution >= 4 is 39.2 Å². The van der Waals surface area contributed by atoms with Crippen molar-refractivity contribution in [2.45, 2.75) is 26.4 Å². The van der Waals surface area contributed by atoms with Gasteiger partial charge < -0.3 is 25.4 Å². The van der Waals surface area contributed by atoms with E-state index in [1.54, 1.807) is 6.07 Å². The van der Waals surface area contributed by atoms with E-state index in [-0.39, 0.29) is 12.5 Å². The zero-order chi connectivity index (χ0) is 23.1. The quantitative estimate of drug-likeness (QED) is 0.366. The van der Waals surface area contributed by atoms with Crippen LogP contribution in [0.2, 0.25) is 0 Å². The van der Waals surface area contributed by atoms with Gasteiger partial charge in [-0.3, -0.25) is 4.79 Å². The number of thiocarbonyl (C=S) groups is 1. The predicted octanol–water partition coefficient (Wildman–Crippen LogP) is 3.97. The number of halogens is 1. The molecule has 166 valence electrons. The molecule has 2 aromatic rings. The largest absolute Gasteiger partial charge is 0.490 e. The van der Waals surface area contributed by atoms with Gasteiger partial charge in [0.25, 0.3) is 5.91 Å². The molecule has 6 nitrogen and oxygen atoms in total. The third-order valence-electron chi connectivity index (χ3n) is 4.79. The third-order valence-corrected chi connectivity index (χ3v) is 5.70. The number of terminal acetylenes is 1. The lowest BCUT2D eigenvalue weighted by atomic mass is 9.94. The Kier molecular flexibility index (Phi) is 8.14. The van der Waals surface area contributed by atoms with Crippen LogP contribution < -0.4 is 25.4 Å². The minimum atomic E-state index is -0.491. The molecule has 1 aliphatic rings. The lowest BCUT2D eigenvalue weighted by Crippen LogP contribution is -2.46. The number of hydrogen-bond acceptors (Lipinski definition) is 4. The first-order valence-corrected chi connectivity index (χ1v) is 11.3.